The van der Waals surface area contributed by atoms with E-state index in [-0.39, 0.29) is 12.0 Å². The Hall–Kier alpha value is -0.870. The van der Waals surface area contributed by atoms with Crippen LogP contribution in [0.5, 0.6) is 0 Å². The number of benzene rings is 1. The highest BCUT2D eigenvalue weighted by Crippen LogP contribution is 2.15. The zero-order valence-corrected chi connectivity index (χ0v) is 11.4. The largest absolute Gasteiger partial charge is 0.376 e. The second-order valence-corrected chi connectivity index (χ2v) is 5.24. The lowest BCUT2D eigenvalue weighted by atomic mass is 10.2. The Morgan fingerprint density at radius 3 is 2.76 bits per heavy atom. The van der Waals surface area contributed by atoms with E-state index in [0.29, 0.717) is 12.1 Å². The Balaban J connectivity index is 1.96. The van der Waals surface area contributed by atoms with Gasteiger partial charge in [-0.1, -0.05) is 15.9 Å². The van der Waals surface area contributed by atoms with Gasteiger partial charge in [0.05, 0.1) is 6.10 Å². The molecule has 0 radical (unpaired) electrons. The first-order chi connectivity index (χ1) is 8.16. The van der Waals surface area contributed by atoms with Crippen LogP contribution in [0.4, 0.5) is 0 Å². The number of hydrogen-bond acceptors (Lipinski definition) is 2. The minimum Gasteiger partial charge on any atom is -0.376 e. The van der Waals surface area contributed by atoms with E-state index < -0.39 is 0 Å². The molecule has 1 heterocycles. The van der Waals surface area contributed by atoms with E-state index >= 15 is 0 Å². The molecule has 0 aliphatic carbocycles. The third-order valence-electron chi connectivity index (χ3n) is 2.94. The quantitative estimate of drug-likeness (QED) is 0.858. The van der Waals surface area contributed by atoms with Gasteiger partial charge in [0.25, 0.3) is 5.91 Å². The van der Waals surface area contributed by atoms with Crippen LogP contribution in [0.25, 0.3) is 0 Å². The van der Waals surface area contributed by atoms with E-state index in [0.717, 1.165) is 23.9 Å². The summed E-state index contributed by atoms with van der Waals surface area (Å²) in [7, 11) is 1.83. The lowest BCUT2D eigenvalue weighted by Gasteiger charge is -2.20. The van der Waals surface area contributed by atoms with Crippen LogP contribution in [0.2, 0.25) is 0 Å². The summed E-state index contributed by atoms with van der Waals surface area (Å²) in [5, 5.41) is 0. The van der Waals surface area contributed by atoms with Crippen molar-refractivity contribution in [2.24, 2.45) is 0 Å². The predicted molar refractivity (Wildman–Crippen MR) is 70.1 cm³/mol. The van der Waals surface area contributed by atoms with Crippen LogP contribution in [-0.4, -0.2) is 37.1 Å². The summed E-state index contributed by atoms with van der Waals surface area (Å²) in [6.45, 7) is 1.50. The molecule has 1 aliphatic heterocycles. The van der Waals surface area contributed by atoms with Crippen molar-refractivity contribution in [2.75, 3.05) is 20.2 Å². The first-order valence-electron chi connectivity index (χ1n) is 5.79. The van der Waals surface area contributed by atoms with Crippen molar-refractivity contribution in [1.29, 1.82) is 0 Å². The summed E-state index contributed by atoms with van der Waals surface area (Å²) in [5.74, 6) is 0.0491. The molecule has 1 aliphatic rings. The van der Waals surface area contributed by atoms with Gasteiger partial charge in [-0.2, -0.15) is 0 Å². The molecule has 0 spiro atoms. The first-order valence-corrected chi connectivity index (χ1v) is 6.59. The van der Waals surface area contributed by atoms with E-state index in [4.69, 9.17) is 4.74 Å². The number of carbonyl (C=O) groups excluding carboxylic acids is 1. The standard InChI is InChI=1S/C13H16BrNO2/c1-15(9-12-3-2-8-17-12)13(16)10-4-6-11(14)7-5-10/h4-7,12H,2-3,8-9H2,1H3. The normalized spacial score (nSPS) is 19.3. The summed E-state index contributed by atoms with van der Waals surface area (Å²) in [5.41, 5.74) is 0.716. The fourth-order valence-electron chi connectivity index (χ4n) is 1.99. The van der Waals surface area contributed by atoms with Crippen molar-refractivity contribution in [1.82, 2.24) is 4.90 Å². The topological polar surface area (TPSA) is 29.5 Å². The van der Waals surface area contributed by atoms with Gasteiger partial charge in [0.15, 0.2) is 0 Å². The van der Waals surface area contributed by atoms with Crippen molar-refractivity contribution in [3.8, 4) is 0 Å². The molecule has 1 atom stereocenters. The van der Waals surface area contributed by atoms with Gasteiger partial charge >= 0.3 is 0 Å². The maximum atomic E-state index is 12.1. The Morgan fingerprint density at radius 2 is 2.18 bits per heavy atom. The molecule has 4 heteroatoms. The smallest absolute Gasteiger partial charge is 0.253 e. The highest BCUT2D eigenvalue weighted by Gasteiger charge is 2.20. The molecular weight excluding hydrogens is 282 g/mol. The molecule has 92 valence electrons. The Morgan fingerprint density at radius 1 is 1.47 bits per heavy atom. The molecule has 0 aromatic heterocycles. The number of halogens is 1. The maximum absolute atomic E-state index is 12.1. The molecule has 1 saturated heterocycles. The molecule has 3 nitrogen and oxygen atoms in total. The van der Waals surface area contributed by atoms with E-state index in [1.54, 1.807) is 4.90 Å². The van der Waals surface area contributed by atoms with E-state index in [2.05, 4.69) is 15.9 Å². The number of hydrogen-bond donors (Lipinski definition) is 0. The van der Waals surface area contributed by atoms with Gasteiger partial charge in [-0.25, -0.2) is 0 Å². The fraction of sp³-hybridized carbons (Fsp3) is 0.462. The van der Waals surface area contributed by atoms with Gasteiger partial charge in [0.2, 0.25) is 0 Å². The van der Waals surface area contributed by atoms with Crippen LogP contribution < -0.4 is 0 Å². The summed E-state index contributed by atoms with van der Waals surface area (Å²) in [6.07, 6.45) is 2.36. The van der Waals surface area contributed by atoms with Gasteiger partial charge in [0, 0.05) is 30.2 Å². The van der Waals surface area contributed by atoms with Gasteiger partial charge in [0.1, 0.15) is 0 Å². The van der Waals surface area contributed by atoms with Crippen molar-refractivity contribution in [3.63, 3.8) is 0 Å². The van der Waals surface area contributed by atoms with Crippen molar-refractivity contribution < 1.29 is 9.53 Å². The Labute approximate surface area is 110 Å². The van der Waals surface area contributed by atoms with Crippen LogP contribution in [0.3, 0.4) is 0 Å². The second kappa shape index (κ2) is 5.65. The first kappa shape index (κ1) is 12.6. The highest BCUT2D eigenvalue weighted by atomic mass is 79.9. The van der Waals surface area contributed by atoms with Crippen molar-refractivity contribution >= 4 is 21.8 Å². The Bertz CT molecular complexity index is 385. The average Bonchev–Trinajstić information content (AvgIpc) is 2.82. The molecule has 1 unspecified atom stereocenters. The van der Waals surface area contributed by atoms with Crippen LogP contribution >= 0.6 is 15.9 Å². The van der Waals surface area contributed by atoms with Crippen LogP contribution in [0.1, 0.15) is 23.2 Å². The molecule has 1 aromatic carbocycles. The average molecular weight is 298 g/mol. The SMILES string of the molecule is CN(CC1CCCO1)C(=O)c1ccc(Br)cc1. The molecule has 17 heavy (non-hydrogen) atoms. The molecule has 1 amide bonds. The van der Waals surface area contributed by atoms with Crippen LogP contribution in [0.15, 0.2) is 28.7 Å². The number of ether oxygens (including phenoxy) is 1. The molecule has 0 bridgehead atoms. The lowest BCUT2D eigenvalue weighted by molar-refractivity contribution is 0.0587. The van der Waals surface area contributed by atoms with Crippen molar-refractivity contribution in [2.45, 2.75) is 18.9 Å². The zero-order valence-electron chi connectivity index (χ0n) is 9.86. The number of rotatable bonds is 3. The third-order valence-corrected chi connectivity index (χ3v) is 3.47. The number of amides is 1. The number of likely N-dealkylation sites (N-methyl/N-ethyl adjacent to an activating group) is 1. The van der Waals surface area contributed by atoms with Gasteiger partial charge in [-0.3, -0.25) is 4.79 Å². The second-order valence-electron chi connectivity index (χ2n) is 4.33. The fourth-order valence-corrected chi connectivity index (χ4v) is 2.25. The maximum Gasteiger partial charge on any atom is 0.253 e. The summed E-state index contributed by atoms with van der Waals surface area (Å²) in [6, 6.07) is 7.43. The predicted octanol–water partition coefficient (Wildman–Crippen LogP) is 2.70. The summed E-state index contributed by atoms with van der Waals surface area (Å²) in [4.78, 5) is 13.8. The van der Waals surface area contributed by atoms with Gasteiger partial charge in [-0.15, -0.1) is 0 Å². The van der Waals surface area contributed by atoms with E-state index in [1.165, 1.54) is 0 Å². The zero-order chi connectivity index (χ0) is 12.3. The number of nitrogens with zero attached hydrogens (tertiary/aromatic N) is 1. The minimum atomic E-state index is 0.0491. The monoisotopic (exact) mass is 297 g/mol. The molecule has 1 fully saturated rings. The van der Waals surface area contributed by atoms with Crippen molar-refractivity contribution in [3.05, 3.63) is 34.3 Å². The van der Waals surface area contributed by atoms with Crippen LogP contribution in [0, 0.1) is 0 Å². The molecule has 0 saturated carbocycles. The van der Waals surface area contributed by atoms with Gasteiger partial charge < -0.3 is 9.64 Å². The molecule has 2 rings (SSSR count). The number of carbonyl (C=O) groups is 1. The van der Waals surface area contributed by atoms with Gasteiger partial charge in [-0.05, 0) is 37.1 Å². The van der Waals surface area contributed by atoms with E-state index in [1.807, 2.05) is 31.3 Å². The minimum absolute atomic E-state index is 0.0491. The summed E-state index contributed by atoms with van der Waals surface area (Å²) < 4.78 is 6.51. The van der Waals surface area contributed by atoms with E-state index in [9.17, 15) is 4.79 Å². The lowest BCUT2D eigenvalue weighted by Crippen LogP contribution is -2.34. The highest BCUT2D eigenvalue weighted by molar-refractivity contribution is 9.10. The third kappa shape index (κ3) is 3.30. The summed E-state index contributed by atoms with van der Waals surface area (Å²) >= 11 is 3.36. The van der Waals surface area contributed by atoms with Crippen LogP contribution in [-0.2, 0) is 4.74 Å². The molecule has 0 N–H and O–H groups in total. The molecular formula is C13H16BrNO2. The molecule has 1 aromatic rings. The Kier molecular flexibility index (Phi) is 4.18.